The lowest BCUT2D eigenvalue weighted by Gasteiger charge is -2.17. The Morgan fingerprint density at radius 3 is 2.59 bits per heavy atom. The first-order valence-corrected chi connectivity index (χ1v) is 11.9. The van der Waals surface area contributed by atoms with Gasteiger partial charge in [-0.15, -0.1) is 0 Å². The molecule has 8 nitrogen and oxygen atoms in total. The molecule has 2 aromatic carbocycles. The largest absolute Gasteiger partial charge is 0.474 e. The van der Waals surface area contributed by atoms with Crippen LogP contribution in [0.5, 0.6) is 17.4 Å². The number of carbonyl (C=O) groups is 1. The highest BCUT2D eigenvalue weighted by Gasteiger charge is 2.35. The van der Waals surface area contributed by atoms with Crippen molar-refractivity contribution in [3.05, 3.63) is 81.5 Å². The van der Waals surface area contributed by atoms with Crippen LogP contribution in [0.1, 0.15) is 35.3 Å². The maximum Gasteiger partial charge on any atom is 0.417 e. The number of hydrogen-bond acceptors (Lipinski definition) is 6. The van der Waals surface area contributed by atoms with E-state index in [4.69, 9.17) is 30.5 Å². The van der Waals surface area contributed by atoms with E-state index in [1.807, 2.05) is 0 Å². The van der Waals surface area contributed by atoms with Crippen LogP contribution in [0.2, 0.25) is 5.02 Å². The number of alkyl halides is 3. The van der Waals surface area contributed by atoms with Gasteiger partial charge in [-0.25, -0.2) is 9.38 Å². The van der Waals surface area contributed by atoms with Crippen molar-refractivity contribution in [2.75, 3.05) is 13.2 Å². The van der Waals surface area contributed by atoms with Crippen molar-refractivity contribution in [2.24, 2.45) is 4.99 Å². The van der Waals surface area contributed by atoms with E-state index in [0.717, 1.165) is 24.4 Å². The molecule has 13 heteroatoms. The van der Waals surface area contributed by atoms with Crippen molar-refractivity contribution in [1.29, 1.82) is 0 Å². The van der Waals surface area contributed by atoms with E-state index in [1.54, 1.807) is 13.8 Å². The SMILES string of the molecule is Cc1cc(F)ccc1Oc1cc(C(F)(F)F)c(Cl)cc1C(=O)N=c1ccn(O)c(OC[C@H]2COC(C)(C)O2)c1. The highest BCUT2D eigenvalue weighted by atomic mass is 35.5. The lowest BCUT2D eigenvalue weighted by atomic mass is 10.1. The Morgan fingerprint density at radius 1 is 1.21 bits per heavy atom. The molecule has 2 heterocycles. The van der Waals surface area contributed by atoms with Crippen LogP contribution >= 0.6 is 11.6 Å². The minimum absolute atomic E-state index is 0.0177. The van der Waals surface area contributed by atoms with Crippen molar-refractivity contribution < 1.29 is 46.5 Å². The minimum atomic E-state index is -4.84. The first kappa shape index (κ1) is 28.4. The molecule has 1 aliphatic heterocycles. The highest BCUT2D eigenvalue weighted by Crippen LogP contribution is 2.40. The zero-order valence-corrected chi connectivity index (χ0v) is 21.6. The van der Waals surface area contributed by atoms with Crippen LogP contribution in [0.3, 0.4) is 0 Å². The molecule has 0 radical (unpaired) electrons. The van der Waals surface area contributed by atoms with E-state index in [0.29, 0.717) is 10.8 Å². The fourth-order valence-electron chi connectivity index (χ4n) is 3.71. The Morgan fingerprint density at radius 2 is 1.95 bits per heavy atom. The number of ether oxygens (including phenoxy) is 4. The van der Waals surface area contributed by atoms with Crippen LogP contribution in [0.15, 0.2) is 53.7 Å². The standard InChI is InChI=1S/C26H23ClF4N2O6/c1-14-8-15(28)4-5-21(14)38-22-11-19(26(29,30)31)20(27)10-18(22)24(34)32-16-6-7-33(35)23(9-16)36-12-17-13-37-25(2,3)39-17/h4-11,17,35H,12-13H2,1-3H3/t17-/m0/s1. The number of halogens is 5. The first-order chi connectivity index (χ1) is 18.2. The van der Waals surface area contributed by atoms with Gasteiger partial charge in [-0.05, 0) is 62.7 Å². The van der Waals surface area contributed by atoms with Crippen molar-refractivity contribution in [3.63, 3.8) is 0 Å². The van der Waals surface area contributed by atoms with Crippen LogP contribution in [0, 0.1) is 12.7 Å². The second kappa shape index (κ2) is 10.9. The average Bonchev–Trinajstić information content (AvgIpc) is 3.19. The Kier molecular flexibility index (Phi) is 7.92. The second-order valence-electron chi connectivity index (χ2n) is 9.08. The van der Waals surface area contributed by atoms with Crippen molar-refractivity contribution in [1.82, 2.24) is 4.73 Å². The topological polar surface area (TPSA) is 91.5 Å². The Bertz CT molecular complexity index is 1470. The monoisotopic (exact) mass is 570 g/mol. The second-order valence-corrected chi connectivity index (χ2v) is 9.49. The van der Waals surface area contributed by atoms with Gasteiger partial charge in [0.25, 0.3) is 5.91 Å². The van der Waals surface area contributed by atoms with Gasteiger partial charge in [-0.1, -0.05) is 11.6 Å². The molecule has 1 atom stereocenters. The number of rotatable bonds is 6. The summed E-state index contributed by atoms with van der Waals surface area (Å²) < 4.78 is 77.0. The number of aryl methyl sites for hydroxylation is 1. The fraction of sp³-hybridized carbons (Fsp3) is 0.308. The predicted molar refractivity (Wildman–Crippen MR) is 130 cm³/mol. The van der Waals surface area contributed by atoms with Gasteiger partial charge in [-0.3, -0.25) is 4.79 Å². The van der Waals surface area contributed by atoms with E-state index in [-0.39, 0.29) is 41.3 Å². The normalized spacial score (nSPS) is 17.3. The summed E-state index contributed by atoms with van der Waals surface area (Å²) in [6.07, 6.45) is -4.09. The van der Waals surface area contributed by atoms with E-state index in [1.165, 1.54) is 25.1 Å². The molecule has 208 valence electrons. The minimum Gasteiger partial charge on any atom is -0.474 e. The number of pyridine rings is 1. The highest BCUT2D eigenvalue weighted by molar-refractivity contribution is 6.32. The summed E-state index contributed by atoms with van der Waals surface area (Å²) in [5, 5.41) is 9.36. The summed E-state index contributed by atoms with van der Waals surface area (Å²) in [5.74, 6) is -2.88. The molecule has 0 spiro atoms. The van der Waals surface area contributed by atoms with Gasteiger partial charge in [0.15, 0.2) is 5.79 Å². The van der Waals surface area contributed by atoms with E-state index < -0.39 is 46.1 Å². The zero-order chi connectivity index (χ0) is 28.5. The number of nitrogens with zero attached hydrogens (tertiary/aromatic N) is 2. The third-order valence-electron chi connectivity index (χ3n) is 5.56. The molecule has 0 saturated carbocycles. The first-order valence-electron chi connectivity index (χ1n) is 11.5. The Hall–Kier alpha value is -3.61. The maximum atomic E-state index is 13.5. The molecule has 0 aliphatic carbocycles. The van der Waals surface area contributed by atoms with E-state index >= 15 is 0 Å². The smallest absolute Gasteiger partial charge is 0.417 e. The molecular formula is C26H23ClF4N2O6. The molecule has 4 rings (SSSR count). The van der Waals surface area contributed by atoms with Crippen LogP contribution in [-0.4, -0.2) is 40.9 Å². The fourth-order valence-corrected chi connectivity index (χ4v) is 3.98. The number of amides is 1. The number of benzene rings is 2. The molecule has 1 saturated heterocycles. The summed E-state index contributed by atoms with van der Waals surface area (Å²) >= 11 is 5.86. The molecule has 39 heavy (non-hydrogen) atoms. The summed E-state index contributed by atoms with van der Waals surface area (Å²) in [6.45, 7) is 5.27. The molecule has 1 aromatic heterocycles. The average molecular weight is 571 g/mol. The molecule has 1 N–H and O–H groups in total. The van der Waals surface area contributed by atoms with Gasteiger partial charge in [0.05, 0.1) is 28.1 Å². The van der Waals surface area contributed by atoms with Crippen LogP contribution < -0.4 is 14.8 Å². The van der Waals surface area contributed by atoms with Gasteiger partial charge >= 0.3 is 6.18 Å². The third-order valence-corrected chi connectivity index (χ3v) is 5.87. The summed E-state index contributed by atoms with van der Waals surface area (Å²) in [4.78, 5) is 17.0. The predicted octanol–water partition coefficient (Wildman–Crippen LogP) is 5.91. The Labute approximate surface area is 224 Å². The van der Waals surface area contributed by atoms with Gasteiger partial charge in [0, 0.05) is 12.3 Å². The molecule has 3 aromatic rings. The van der Waals surface area contributed by atoms with Crippen molar-refractivity contribution in [3.8, 4) is 17.4 Å². The van der Waals surface area contributed by atoms with Gasteiger partial charge < -0.3 is 24.2 Å². The van der Waals surface area contributed by atoms with Crippen molar-refractivity contribution >= 4 is 17.5 Å². The summed E-state index contributed by atoms with van der Waals surface area (Å²) in [5.41, 5.74) is -1.32. The summed E-state index contributed by atoms with van der Waals surface area (Å²) in [7, 11) is 0. The van der Waals surface area contributed by atoms with Gasteiger partial charge in [-0.2, -0.15) is 17.9 Å². The number of aromatic nitrogens is 1. The molecule has 0 unspecified atom stereocenters. The Balaban J connectivity index is 1.67. The van der Waals surface area contributed by atoms with Crippen LogP contribution in [0.25, 0.3) is 0 Å². The summed E-state index contributed by atoms with van der Waals surface area (Å²) in [6, 6.07) is 7.32. The maximum absolute atomic E-state index is 13.5. The van der Waals surface area contributed by atoms with Gasteiger partial charge in [0.2, 0.25) is 5.88 Å². The van der Waals surface area contributed by atoms with Crippen molar-refractivity contribution in [2.45, 2.75) is 38.8 Å². The van der Waals surface area contributed by atoms with Crippen LogP contribution in [0.4, 0.5) is 17.6 Å². The quantitative estimate of drug-likeness (QED) is 0.293. The lowest BCUT2D eigenvalue weighted by molar-refractivity contribution is -0.141. The molecule has 1 aliphatic rings. The van der Waals surface area contributed by atoms with Gasteiger partial charge in [0.1, 0.15) is 30.0 Å². The molecule has 1 amide bonds. The molecular weight excluding hydrogens is 548 g/mol. The van der Waals surface area contributed by atoms with Crippen LogP contribution in [-0.2, 0) is 15.7 Å². The van der Waals surface area contributed by atoms with E-state index in [9.17, 15) is 27.6 Å². The number of carbonyl (C=O) groups excluding carboxylic acids is 1. The van der Waals surface area contributed by atoms with E-state index in [2.05, 4.69) is 4.99 Å². The number of hydrogen-bond donors (Lipinski definition) is 1. The zero-order valence-electron chi connectivity index (χ0n) is 20.9. The lowest BCUT2D eigenvalue weighted by Crippen LogP contribution is -2.26. The molecule has 1 fully saturated rings. The third kappa shape index (κ3) is 6.88. The molecule has 0 bridgehead atoms.